The number of esters is 1. The lowest BCUT2D eigenvalue weighted by atomic mass is 10.0. The Hall–Kier alpha value is -2.88. The first-order valence-corrected chi connectivity index (χ1v) is 11.4. The highest BCUT2D eigenvalue weighted by molar-refractivity contribution is 8.01. The fourth-order valence-electron chi connectivity index (χ4n) is 2.94. The summed E-state index contributed by atoms with van der Waals surface area (Å²) in [6.45, 7) is 3.88. The molecule has 0 amide bonds. The predicted octanol–water partition coefficient (Wildman–Crippen LogP) is 4.48. The van der Waals surface area contributed by atoms with Crippen LogP contribution in [0.3, 0.4) is 0 Å². The van der Waals surface area contributed by atoms with Crippen LogP contribution in [0.2, 0.25) is 0 Å². The lowest BCUT2D eigenvalue weighted by molar-refractivity contribution is -0.598. The topological polar surface area (TPSA) is 47.3 Å². The zero-order chi connectivity index (χ0) is 21.3. The molecule has 0 N–H and O–H groups in total. The van der Waals surface area contributed by atoms with Crippen molar-refractivity contribution in [3.63, 3.8) is 0 Å². The van der Waals surface area contributed by atoms with Gasteiger partial charge in [0.25, 0.3) is 0 Å². The fourth-order valence-corrected chi connectivity index (χ4v) is 5.33. The molecule has 0 atom stereocenters. The van der Waals surface area contributed by atoms with E-state index in [9.17, 15) is 9.59 Å². The first-order valence-electron chi connectivity index (χ1n) is 9.55. The predicted molar refractivity (Wildman–Crippen MR) is 120 cm³/mol. The Morgan fingerprint density at radius 2 is 1.80 bits per heavy atom. The fraction of sp³-hybridized carbons (Fsp3) is 0.208. The van der Waals surface area contributed by atoms with Crippen LogP contribution in [0.15, 0.2) is 65.1 Å². The van der Waals surface area contributed by atoms with E-state index >= 15 is 0 Å². The summed E-state index contributed by atoms with van der Waals surface area (Å²) in [5.41, 5.74) is 2.13. The third kappa shape index (κ3) is 5.18. The Bertz CT molecular complexity index is 1080. The highest BCUT2D eigenvalue weighted by Gasteiger charge is 2.31. The molecule has 0 aliphatic carbocycles. The molecule has 30 heavy (non-hydrogen) atoms. The van der Waals surface area contributed by atoms with E-state index in [1.165, 1.54) is 11.3 Å². The van der Waals surface area contributed by atoms with Crippen molar-refractivity contribution in [1.82, 2.24) is 0 Å². The van der Waals surface area contributed by atoms with Crippen LogP contribution in [0.1, 0.15) is 34.6 Å². The molecule has 1 aromatic carbocycles. The van der Waals surface area contributed by atoms with Gasteiger partial charge in [0.2, 0.25) is 11.5 Å². The highest BCUT2D eigenvalue weighted by Crippen LogP contribution is 2.38. The number of carbonyl (C=O) groups excluding carboxylic acids is 2. The Balaban J connectivity index is 2.17. The van der Waals surface area contributed by atoms with Gasteiger partial charge in [0, 0.05) is 17.7 Å². The second-order valence-electron chi connectivity index (χ2n) is 6.22. The second-order valence-corrected chi connectivity index (χ2v) is 8.49. The van der Waals surface area contributed by atoms with Gasteiger partial charge in [0.15, 0.2) is 12.4 Å². The van der Waals surface area contributed by atoms with Crippen molar-refractivity contribution < 1.29 is 18.9 Å². The number of pyridine rings is 1. The minimum atomic E-state index is -0.347. The summed E-state index contributed by atoms with van der Waals surface area (Å²) >= 11 is 2.99. The summed E-state index contributed by atoms with van der Waals surface area (Å²) in [4.78, 5) is 26.3. The van der Waals surface area contributed by atoms with Crippen LogP contribution in [0.5, 0.6) is 0 Å². The van der Waals surface area contributed by atoms with E-state index in [1.807, 2.05) is 53.4 Å². The van der Waals surface area contributed by atoms with Gasteiger partial charge in [-0.2, -0.15) is 4.57 Å². The van der Waals surface area contributed by atoms with Crippen LogP contribution in [0, 0.1) is 11.8 Å². The molecule has 6 heteroatoms. The number of nitrogens with zero attached hydrogens (tertiary/aromatic N) is 1. The standard InChI is InChI=1S/C24H22NO3S2/c1-3-5-16-29-24-21(25-14-10-7-11-15-25)19(17-20(26)28-4-2)23(30-24)22(27)18-12-8-6-9-13-18/h6-15H,4,16-17H2,1-2H3/q+1. The Kier molecular flexibility index (Phi) is 7.83. The average Bonchev–Trinajstić information content (AvgIpc) is 3.12. The molecule has 2 heterocycles. The molecule has 0 bridgehead atoms. The quantitative estimate of drug-likeness (QED) is 0.172. The third-order valence-corrected chi connectivity index (χ3v) is 6.61. The molecule has 2 aromatic heterocycles. The van der Waals surface area contributed by atoms with Crippen molar-refractivity contribution in [1.29, 1.82) is 0 Å². The summed E-state index contributed by atoms with van der Waals surface area (Å²) in [7, 11) is 0. The number of hydrogen-bond donors (Lipinski definition) is 0. The minimum absolute atomic E-state index is 0.0372. The molecule has 0 unspecified atom stereocenters. The summed E-state index contributed by atoms with van der Waals surface area (Å²) in [6.07, 6.45) is 3.88. The van der Waals surface area contributed by atoms with Crippen LogP contribution >= 0.6 is 23.1 Å². The van der Waals surface area contributed by atoms with Gasteiger partial charge in [-0.3, -0.25) is 9.59 Å². The minimum Gasteiger partial charge on any atom is -0.466 e. The molecule has 152 valence electrons. The second kappa shape index (κ2) is 10.8. The molecule has 3 rings (SSSR count). The summed E-state index contributed by atoms with van der Waals surface area (Å²) in [5, 5.41) is 0. The number of ketones is 1. The van der Waals surface area contributed by atoms with E-state index in [1.54, 1.807) is 37.7 Å². The first-order chi connectivity index (χ1) is 14.7. The maximum Gasteiger partial charge on any atom is 0.310 e. The van der Waals surface area contributed by atoms with Crippen molar-refractivity contribution in [2.75, 3.05) is 12.4 Å². The smallest absolute Gasteiger partial charge is 0.310 e. The Morgan fingerprint density at radius 1 is 1.10 bits per heavy atom. The van der Waals surface area contributed by atoms with Gasteiger partial charge < -0.3 is 4.74 Å². The van der Waals surface area contributed by atoms with Crippen molar-refractivity contribution in [2.45, 2.75) is 24.5 Å². The van der Waals surface area contributed by atoms with Crippen molar-refractivity contribution in [2.24, 2.45) is 0 Å². The molecule has 0 fully saturated rings. The van der Waals surface area contributed by atoms with Crippen LogP contribution in [-0.2, 0) is 16.0 Å². The first kappa shape index (κ1) is 21.8. The number of thioether (sulfide) groups is 1. The number of rotatable bonds is 8. The van der Waals surface area contributed by atoms with Gasteiger partial charge >= 0.3 is 5.97 Å². The number of ether oxygens (including phenoxy) is 1. The monoisotopic (exact) mass is 436 g/mol. The highest BCUT2D eigenvalue weighted by atomic mass is 32.2. The molecule has 0 radical (unpaired) electrons. The molecular formula is C24H22NO3S2+. The molecule has 3 aromatic rings. The molecule has 0 saturated heterocycles. The van der Waals surface area contributed by atoms with Gasteiger partial charge in [-0.05, 0) is 13.8 Å². The molecule has 0 aliphatic rings. The third-order valence-electron chi connectivity index (χ3n) is 4.24. The van der Waals surface area contributed by atoms with Crippen molar-refractivity contribution >= 4 is 34.9 Å². The van der Waals surface area contributed by atoms with E-state index in [0.717, 1.165) is 9.90 Å². The lowest BCUT2D eigenvalue weighted by Gasteiger charge is -2.05. The van der Waals surface area contributed by atoms with E-state index in [4.69, 9.17) is 4.74 Å². The van der Waals surface area contributed by atoms with E-state index in [0.29, 0.717) is 28.4 Å². The molecule has 0 aliphatic heterocycles. The Labute approximate surface area is 184 Å². The van der Waals surface area contributed by atoms with Gasteiger partial charge in [0.05, 0.1) is 29.2 Å². The molecule has 4 nitrogen and oxygen atoms in total. The number of carbonyl (C=O) groups is 2. The van der Waals surface area contributed by atoms with E-state index in [2.05, 4.69) is 11.8 Å². The summed E-state index contributed by atoms with van der Waals surface area (Å²) in [5.74, 6) is 6.13. The van der Waals surface area contributed by atoms with Crippen LogP contribution in [0.25, 0.3) is 5.69 Å². The van der Waals surface area contributed by atoms with Gasteiger partial charge in [-0.1, -0.05) is 54.1 Å². The van der Waals surface area contributed by atoms with Crippen molar-refractivity contribution in [3.8, 4) is 17.5 Å². The lowest BCUT2D eigenvalue weighted by Crippen LogP contribution is -2.31. The zero-order valence-electron chi connectivity index (χ0n) is 16.9. The number of aromatic nitrogens is 1. The van der Waals surface area contributed by atoms with Gasteiger partial charge in [0.1, 0.15) is 4.21 Å². The normalized spacial score (nSPS) is 10.2. The van der Waals surface area contributed by atoms with Crippen molar-refractivity contribution in [3.05, 3.63) is 76.9 Å². The maximum absolute atomic E-state index is 13.3. The van der Waals surface area contributed by atoms with Crippen LogP contribution < -0.4 is 4.57 Å². The van der Waals surface area contributed by atoms with Gasteiger partial charge in [-0.15, -0.1) is 17.3 Å². The molecular weight excluding hydrogens is 414 g/mol. The number of benzene rings is 1. The van der Waals surface area contributed by atoms with E-state index in [-0.39, 0.29) is 18.2 Å². The van der Waals surface area contributed by atoms with Crippen LogP contribution in [0.4, 0.5) is 0 Å². The summed E-state index contributed by atoms with van der Waals surface area (Å²) < 4.78 is 8.11. The maximum atomic E-state index is 13.3. The largest absolute Gasteiger partial charge is 0.466 e. The van der Waals surface area contributed by atoms with Crippen LogP contribution in [-0.4, -0.2) is 24.1 Å². The Morgan fingerprint density at radius 3 is 2.47 bits per heavy atom. The SMILES string of the molecule is CC#CCSc1sc(C(=O)c2ccccc2)c(CC(=O)OCC)c1-[n+]1ccccc1. The number of hydrogen-bond acceptors (Lipinski definition) is 5. The average molecular weight is 437 g/mol. The van der Waals surface area contributed by atoms with E-state index < -0.39 is 0 Å². The molecule has 0 spiro atoms. The summed E-state index contributed by atoms with van der Waals surface area (Å²) in [6, 6.07) is 14.9. The zero-order valence-corrected chi connectivity index (χ0v) is 18.5. The van der Waals surface area contributed by atoms with Gasteiger partial charge in [-0.25, -0.2) is 0 Å². The molecule has 0 saturated carbocycles. The number of thiophene rings is 1.